The highest BCUT2D eigenvalue weighted by molar-refractivity contribution is 5.80. The summed E-state index contributed by atoms with van der Waals surface area (Å²) in [6.45, 7) is 1.52. The minimum absolute atomic E-state index is 0.0329. The minimum atomic E-state index is -0.598. The lowest BCUT2D eigenvalue weighted by Crippen LogP contribution is -2.51. The Hall–Kier alpha value is -1.92. The molecule has 1 aromatic carbocycles. The molecule has 1 saturated heterocycles. The van der Waals surface area contributed by atoms with Crippen molar-refractivity contribution >= 4 is 11.8 Å². The number of carbonyl (C=O) groups is 2. The molecule has 0 spiro atoms. The first-order chi connectivity index (χ1) is 13.1. The molecule has 27 heavy (non-hydrogen) atoms. The van der Waals surface area contributed by atoms with Crippen LogP contribution in [0.5, 0.6) is 0 Å². The Morgan fingerprint density at radius 2 is 1.85 bits per heavy atom. The molecule has 1 aromatic rings. The average Bonchev–Trinajstić information content (AvgIpc) is 2.70. The monoisotopic (exact) mass is 374 g/mol. The summed E-state index contributed by atoms with van der Waals surface area (Å²) in [7, 11) is 1.46. The molecule has 0 aromatic heterocycles. The summed E-state index contributed by atoms with van der Waals surface area (Å²) in [5.74, 6) is 0.303. The number of aliphatic hydroxyl groups is 1. The van der Waals surface area contributed by atoms with Gasteiger partial charge in [-0.2, -0.15) is 0 Å². The Kier molecular flexibility index (Phi) is 6.85. The number of nitrogens with zero attached hydrogens (tertiary/aromatic N) is 1. The molecule has 2 amide bonds. The topological polar surface area (TPSA) is 78.9 Å². The van der Waals surface area contributed by atoms with Crippen molar-refractivity contribution in [2.45, 2.75) is 50.2 Å². The summed E-state index contributed by atoms with van der Waals surface area (Å²) in [6, 6.07) is 10.1. The fraction of sp³-hybridized carbons (Fsp3) is 0.619. The van der Waals surface area contributed by atoms with Gasteiger partial charge in [-0.25, -0.2) is 0 Å². The Balaban J connectivity index is 1.52. The number of rotatable bonds is 5. The third-order valence-electron chi connectivity index (χ3n) is 5.86. The Morgan fingerprint density at radius 3 is 2.52 bits per heavy atom. The van der Waals surface area contributed by atoms with Gasteiger partial charge in [-0.15, -0.1) is 0 Å². The molecule has 148 valence electrons. The predicted octanol–water partition coefficient (Wildman–Crippen LogP) is 1.68. The zero-order valence-electron chi connectivity index (χ0n) is 16.0. The molecule has 1 aliphatic carbocycles. The summed E-state index contributed by atoms with van der Waals surface area (Å²) in [5, 5.41) is 13.0. The largest absolute Gasteiger partial charge is 0.391 e. The van der Waals surface area contributed by atoms with E-state index in [2.05, 4.69) is 29.6 Å². The second kappa shape index (κ2) is 9.33. The van der Waals surface area contributed by atoms with Gasteiger partial charge in [0.15, 0.2) is 0 Å². The highest BCUT2D eigenvalue weighted by Crippen LogP contribution is 2.31. The number of amides is 2. The van der Waals surface area contributed by atoms with E-state index >= 15 is 0 Å². The Morgan fingerprint density at radius 1 is 1.15 bits per heavy atom. The normalized spacial score (nSPS) is 26.6. The number of hydrogen-bond donors (Lipinski definition) is 2. The zero-order chi connectivity index (χ0) is 19.2. The van der Waals surface area contributed by atoms with Gasteiger partial charge in [-0.1, -0.05) is 30.3 Å². The van der Waals surface area contributed by atoms with Crippen molar-refractivity contribution in [3.63, 3.8) is 0 Å². The third kappa shape index (κ3) is 5.08. The van der Waals surface area contributed by atoms with Crippen LogP contribution in [0.4, 0.5) is 0 Å². The quantitative estimate of drug-likeness (QED) is 0.822. The molecular weight excluding hydrogens is 344 g/mol. The van der Waals surface area contributed by atoms with Crippen LogP contribution in [0.1, 0.15) is 43.6 Å². The van der Waals surface area contributed by atoms with Gasteiger partial charge in [0.2, 0.25) is 11.8 Å². The molecule has 3 rings (SSSR count). The van der Waals surface area contributed by atoms with Gasteiger partial charge < -0.3 is 20.1 Å². The molecular formula is C21H30N2O4. The van der Waals surface area contributed by atoms with Crippen LogP contribution in [0, 0.1) is 5.92 Å². The fourth-order valence-electron chi connectivity index (χ4n) is 4.33. The van der Waals surface area contributed by atoms with Crippen LogP contribution in [0.25, 0.3) is 0 Å². The molecule has 0 unspecified atom stereocenters. The van der Waals surface area contributed by atoms with Crippen LogP contribution in [0.2, 0.25) is 0 Å². The third-order valence-corrected chi connectivity index (χ3v) is 5.86. The standard InChI is InChI=1S/C21H30N2O4/c1-27-14-20(25)22-18-13-17(7-8-19(18)24)21(26)23-11-9-16(10-12-23)15-5-3-2-4-6-15/h2-6,16-19,24H,7-14H2,1H3,(H,22,25)/t17-,18+,19+/m0/s1. The smallest absolute Gasteiger partial charge is 0.246 e. The van der Waals surface area contributed by atoms with Crippen LogP contribution in [0.15, 0.2) is 30.3 Å². The van der Waals surface area contributed by atoms with E-state index in [-0.39, 0.29) is 30.4 Å². The highest BCUT2D eigenvalue weighted by Gasteiger charge is 2.36. The molecule has 1 saturated carbocycles. The first-order valence-electron chi connectivity index (χ1n) is 9.88. The van der Waals surface area contributed by atoms with E-state index < -0.39 is 6.10 Å². The van der Waals surface area contributed by atoms with E-state index in [0.29, 0.717) is 25.2 Å². The fourth-order valence-corrected chi connectivity index (χ4v) is 4.33. The number of likely N-dealkylation sites (tertiary alicyclic amines) is 1. The first kappa shape index (κ1) is 19.8. The van der Waals surface area contributed by atoms with Crippen molar-refractivity contribution in [2.75, 3.05) is 26.8 Å². The van der Waals surface area contributed by atoms with E-state index in [1.54, 1.807) is 0 Å². The first-order valence-corrected chi connectivity index (χ1v) is 9.88. The molecule has 0 radical (unpaired) electrons. The lowest BCUT2D eigenvalue weighted by molar-refractivity contribution is -0.140. The number of benzene rings is 1. The van der Waals surface area contributed by atoms with Crippen molar-refractivity contribution < 1.29 is 19.4 Å². The molecule has 1 aliphatic heterocycles. The number of methoxy groups -OCH3 is 1. The van der Waals surface area contributed by atoms with Gasteiger partial charge in [-0.3, -0.25) is 9.59 Å². The van der Waals surface area contributed by atoms with Gasteiger partial charge in [0.1, 0.15) is 6.61 Å². The molecule has 2 aliphatic rings. The maximum Gasteiger partial charge on any atom is 0.246 e. The van der Waals surface area contributed by atoms with Crippen LogP contribution < -0.4 is 5.32 Å². The van der Waals surface area contributed by atoms with Crippen molar-refractivity contribution in [2.24, 2.45) is 5.92 Å². The molecule has 6 nitrogen and oxygen atoms in total. The van der Waals surface area contributed by atoms with E-state index in [1.807, 2.05) is 11.0 Å². The molecule has 6 heteroatoms. The van der Waals surface area contributed by atoms with Crippen LogP contribution in [-0.4, -0.2) is 60.8 Å². The summed E-state index contributed by atoms with van der Waals surface area (Å²) in [5.41, 5.74) is 1.35. The van der Waals surface area contributed by atoms with E-state index in [9.17, 15) is 14.7 Å². The van der Waals surface area contributed by atoms with E-state index in [0.717, 1.165) is 25.9 Å². The number of hydrogen-bond acceptors (Lipinski definition) is 4. The van der Waals surface area contributed by atoms with Gasteiger partial charge in [-0.05, 0) is 43.6 Å². The molecule has 3 atom stereocenters. The maximum absolute atomic E-state index is 13.0. The lowest BCUT2D eigenvalue weighted by Gasteiger charge is -2.38. The van der Waals surface area contributed by atoms with Gasteiger partial charge in [0.25, 0.3) is 0 Å². The van der Waals surface area contributed by atoms with Gasteiger partial charge in [0, 0.05) is 26.1 Å². The molecule has 2 N–H and O–H groups in total. The number of nitrogens with one attached hydrogen (secondary N) is 1. The minimum Gasteiger partial charge on any atom is -0.391 e. The summed E-state index contributed by atoms with van der Waals surface area (Å²) >= 11 is 0. The predicted molar refractivity (Wildman–Crippen MR) is 102 cm³/mol. The summed E-state index contributed by atoms with van der Waals surface area (Å²) < 4.78 is 4.83. The van der Waals surface area contributed by atoms with Gasteiger partial charge in [0.05, 0.1) is 12.1 Å². The van der Waals surface area contributed by atoms with Crippen molar-refractivity contribution in [3.05, 3.63) is 35.9 Å². The lowest BCUT2D eigenvalue weighted by atomic mass is 9.82. The summed E-state index contributed by atoms with van der Waals surface area (Å²) in [6.07, 6.45) is 3.08. The second-order valence-electron chi connectivity index (χ2n) is 7.69. The van der Waals surface area contributed by atoms with E-state index in [1.165, 1.54) is 12.7 Å². The van der Waals surface area contributed by atoms with Crippen LogP contribution in [0.3, 0.4) is 0 Å². The number of carbonyl (C=O) groups excluding carboxylic acids is 2. The molecule has 1 heterocycles. The number of piperidine rings is 1. The SMILES string of the molecule is COCC(=O)N[C@@H]1C[C@@H](C(=O)N2CCC(c3ccccc3)CC2)CC[C@H]1O. The van der Waals surface area contributed by atoms with E-state index in [4.69, 9.17) is 4.74 Å². The van der Waals surface area contributed by atoms with Crippen LogP contribution in [-0.2, 0) is 14.3 Å². The molecule has 2 fully saturated rings. The number of aliphatic hydroxyl groups excluding tert-OH is 1. The van der Waals surface area contributed by atoms with Gasteiger partial charge >= 0.3 is 0 Å². The maximum atomic E-state index is 13.0. The average molecular weight is 374 g/mol. The summed E-state index contributed by atoms with van der Waals surface area (Å²) in [4.78, 5) is 26.7. The molecule has 0 bridgehead atoms. The van der Waals surface area contributed by atoms with Crippen molar-refractivity contribution in [3.8, 4) is 0 Å². The van der Waals surface area contributed by atoms with Crippen LogP contribution >= 0.6 is 0 Å². The Labute approximate surface area is 160 Å². The number of ether oxygens (including phenoxy) is 1. The van der Waals surface area contributed by atoms with Crippen molar-refractivity contribution in [1.29, 1.82) is 0 Å². The highest BCUT2D eigenvalue weighted by atomic mass is 16.5. The van der Waals surface area contributed by atoms with Crippen molar-refractivity contribution in [1.82, 2.24) is 10.2 Å². The Bertz CT molecular complexity index is 628. The second-order valence-corrected chi connectivity index (χ2v) is 7.69. The zero-order valence-corrected chi connectivity index (χ0v) is 16.0.